The fraction of sp³-hybridized carbons (Fsp3) is 0.158. The Morgan fingerprint density at radius 3 is 2.30 bits per heavy atom. The summed E-state index contributed by atoms with van der Waals surface area (Å²) in [5.41, 5.74) is 1.25. The maximum absolute atomic E-state index is 13.9. The van der Waals surface area contributed by atoms with E-state index in [1.54, 1.807) is 13.0 Å². The van der Waals surface area contributed by atoms with E-state index in [1.165, 1.54) is 43.3 Å². The molecule has 0 aliphatic heterocycles. The van der Waals surface area contributed by atoms with E-state index >= 15 is 0 Å². The van der Waals surface area contributed by atoms with Gasteiger partial charge in [-0.1, -0.05) is 12.1 Å². The summed E-state index contributed by atoms with van der Waals surface area (Å²) in [6.07, 6.45) is -4.67. The number of nitrogens with one attached hydrogen (secondary N) is 1. The third-order valence-electron chi connectivity index (χ3n) is 3.89. The second-order valence-electron chi connectivity index (χ2n) is 5.89. The van der Waals surface area contributed by atoms with Gasteiger partial charge in [-0.05, 0) is 49.7 Å². The van der Waals surface area contributed by atoms with Gasteiger partial charge in [0, 0.05) is 11.3 Å². The minimum absolute atomic E-state index is 0.00912. The van der Waals surface area contributed by atoms with Crippen LogP contribution in [0.4, 0.5) is 23.2 Å². The Morgan fingerprint density at radius 2 is 1.74 bits per heavy atom. The van der Waals surface area contributed by atoms with E-state index in [-0.39, 0.29) is 17.0 Å². The highest BCUT2D eigenvalue weighted by Gasteiger charge is 2.38. The van der Waals surface area contributed by atoms with Crippen molar-refractivity contribution in [3.63, 3.8) is 0 Å². The monoisotopic (exact) mass is 378 g/mol. The number of carbonyl (C=O) groups excluding carboxylic acids is 1. The van der Waals surface area contributed by atoms with Gasteiger partial charge in [0.2, 0.25) is 0 Å². The van der Waals surface area contributed by atoms with Gasteiger partial charge in [0.05, 0.1) is 11.3 Å². The van der Waals surface area contributed by atoms with Crippen molar-refractivity contribution in [3.05, 3.63) is 71.0 Å². The van der Waals surface area contributed by atoms with Crippen molar-refractivity contribution in [1.29, 1.82) is 0 Å². The van der Waals surface area contributed by atoms with Crippen LogP contribution in [0.1, 0.15) is 27.5 Å². The van der Waals surface area contributed by atoms with Gasteiger partial charge >= 0.3 is 12.1 Å². The average Bonchev–Trinajstić information content (AvgIpc) is 2.97. The normalized spacial score (nSPS) is 11.5. The van der Waals surface area contributed by atoms with Gasteiger partial charge in [0.15, 0.2) is 5.76 Å². The molecule has 1 amide bonds. The van der Waals surface area contributed by atoms with Gasteiger partial charge in [-0.15, -0.1) is 0 Å². The van der Waals surface area contributed by atoms with E-state index in [2.05, 4.69) is 10.3 Å². The van der Waals surface area contributed by atoms with Crippen molar-refractivity contribution < 1.29 is 26.8 Å². The average molecular weight is 378 g/mol. The lowest BCUT2D eigenvalue weighted by Gasteiger charge is -2.09. The topological polar surface area (TPSA) is 55.1 Å². The Bertz CT molecular complexity index is 972. The first-order chi connectivity index (χ1) is 12.7. The van der Waals surface area contributed by atoms with Gasteiger partial charge in [-0.3, -0.25) is 4.79 Å². The number of hydrogen-bond acceptors (Lipinski definition) is 3. The minimum atomic E-state index is -4.67. The summed E-state index contributed by atoms with van der Waals surface area (Å²) in [6, 6.07) is 10.2. The van der Waals surface area contributed by atoms with Crippen LogP contribution in [0.2, 0.25) is 0 Å². The van der Waals surface area contributed by atoms with Crippen molar-refractivity contribution in [1.82, 2.24) is 4.98 Å². The van der Waals surface area contributed by atoms with Crippen LogP contribution in [0.25, 0.3) is 11.3 Å². The summed E-state index contributed by atoms with van der Waals surface area (Å²) in [4.78, 5) is 15.7. The van der Waals surface area contributed by atoms with Crippen LogP contribution in [-0.2, 0) is 6.18 Å². The molecule has 3 aromatic rings. The molecule has 0 aliphatic rings. The molecule has 0 aliphatic carbocycles. The summed E-state index contributed by atoms with van der Waals surface area (Å²) in [6.45, 7) is 3.02. The number of alkyl halides is 3. The quantitative estimate of drug-likeness (QED) is 0.624. The van der Waals surface area contributed by atoms with Crippen molar-refractivity contribution in [2.75, 3.05) is 5.32 Å². The summed E-state index contributed by atoms with van der Waals surface area (Å²) in [5.74, 6) is -2.58. The van der Waals surface area contributed by atoms with Crippen molar-refractivity contribution in [2.45, 2.75) is 20.0 Å². The van der Waals surface area contributed by atoms with Crippen LogP contribution < -0.4 is 5.32 Å². The van der Waals surface area contributed by atoms with Crippen molar-refractivity contribution in [2.24, 2.45) is 0 Å². The number of benzene rings is 2. The smallest absolute Gasteiger partial charge is 0.433 e. The molecule has 0 saturated carbocycles. The van der Waals surface area contributed by atoms with E-state index in [4.69, 9.17) is 4.42 Å². The van der Waals surface area contributed by atoms with E-state index in [9.17, 15) is 22.4 Å². The molecule has 3 rings (SSSR count). The molecule has 0 radical (unpaired) electrons. The van der Waals surface area contributed by atoms with E-state index in [1.807, 2.05) is 0 Å². The Balaban J connectivity index is 1.82. The lowest BCUT2D eigenvalue weighted by Crippen LogP contribution is -2.15. The number of anilines is 1. The number of nitrogens with zero attached hydrogens (tertiary/aromatic N) is 1. The number of hydrogen-bond donors (Lipinski definition) is 1. The number of oxazole rings is 1. The first-order valence-corrected chi connectivity index (χ1v) is 7.88. The molecular weight excluding hydrogens is 364 g/mol. The molecule has 0 unspecified atom stereocenters. The zero-order valence-electron chi connectivity index (χ0n) is 14.3. The van der Waals surface area contributed by atoms with Gasteiger partial charge < -0.3 is 9.73 Å². The maximum atomic E-state index is 13.9. The number of aryl methyl sites for hydroxylation is 2. The zero-order valence-corrected chi connectivity index (χ0v) is 14.3. The number of rotatable bonds is 3. The van der Waals surface area contributed by atoms with Gasteiger partial charge in [-0.25, -0.2) is 9.37 Å². The molecule has 4 nitrogen and oxygen atoms in total. The van der Waals surface area contributed by atoms with E-state index < -0.39 is 23.8 Å². The molecule has 0 spiro atoms. The molecular formula is C19H14F4N2O2. The molecule has 27 heavy (non-hydrogen) atoms. The predicted molar refractivity (Wildman–Crippen MR) is 90.8 cm³/mol. The van der Waals surface area contributed by atoms with Crippen LogP contribution in [0.3, 0.4) is 0 Å². The van der Waals surface area contributed by atoms with Crippen LogP contribution in [0, 0.1) is 19.7 Å². The highest BCUT2D eigenvalue weighted by molar-refractivity contribution is 6.05. The molecule has 1 heterocycles. The summed E-state index contributed by atoms with van der Waals surface area (Å²) >= 11 is 0. The molecule has 8 heteroatoms. The minimum Gasteiger partial charge on any atom is -0.433 e. The van der Waals surface area contributed by atoms with Crippen LogP contribution in [0.5, 0.6) is 0 Å². The summed E-state index contributed by atoms with van der Waals surface area (Å²) in [7, 11) is 0. The molecule has 0 bridgehead atoms. The lowest BCUT2D eigenvalue weighted by atomic mass is 10.1. The third kappa shape index (κ3) is 3.84. The van der Waals surface area contributed by atoms with E-state index in [0.717, 1.165) is 0 Å². The number of amides is 1. The fourth-order valence-electron chi connectivity index (χ4n) is 2.60. The maximum Gasteiger partial charge on any atom is 0.468 e. The highest BCUT2D eigenvalue weighted by Crippen LogP contribution is 2.34. The van der Waals surface area contributed by atoms with Gasteiger partial charge in [0.25, 0.3) is 5.91 Å². The Hall–Kier alpha value is -3.16. The Kier molecular flexibility index (Phi) is 4.73. The third-order valence-corrected chi connectivity index (χ3v) is 3.89. The highest BCUT2D eigenvalue weighted by atomic mass is 19.4. The first-order valence-electron chi connectivity index (χ1n) is 7.88. The molecule has 140 valence electrons. The van der Waals surface area contributed by atoms with Crippen LogP contribution >= 0.6 is 0 Å². The van der Waals surface area contributed by atoms with Crippen molar-refractivity contribution >= 4 is 11.6 Å². The lowest BCUT2D eigenvalue weighted by molar-refractivity contribution is -0.156. The molecule has 0 fully saturated rings. The summed E-state index contributed by atoms with van der Waals surface area (Å²) < 4.78 is 56.8. The van der Waals surface area contributed by atoms with Crippen LogP contribution in [-0.4, -0.2) is 10.9 Å². The summed E-state index contributed by atoms with van der Waals surface area (Å²) in [5, 5.41) is 2.56. The second kappa shape index (κ2) is 6.86. The standard InChI is InChI=1S/C19H14F4N2O2/c1-10-4-3-5-14(20)15(10)17(26)25-13-8-6-12(7-9-13)16-11(2)24-18(27-16)19(21,22)23/h3-9H,1-2H3,(H,25,26). The number of halogens is 4. The largest absolute Gasteiger partial charge is 0.468 e. The van der Waals surface area contributed by atoms with Gasteiger partial charge in [0.1, 0.15) is 5.82 Å². The second-order valence-corrected chi connectivity index (χ2v) is 5.89. The number of aromatic nitrogens is 1. The van der Waals surface area contributed by atoms with Gasteiger partial charge in [-0.2, -0.15) is 13.2 Å². The predicted octanol–water partition coefficient (Wildman–Crippen LogP) is 5.37. The van der Waals surface area contributed by atoms with Crippen LogP contribution in [0.15, 0.2) is 46.9 Å². The molecule has 1 N–H and O–H groups in total. The van der Waals surface area contributed by atoms with Crippen molar-refractivity contribution in [3.8, 4) is 11.3 Å². The number of carbonyl (C=O) groups is 1. The molecule has 2 aromatic carbocycles. The Morgan fingerprint density at radius 1 is 1.07 bits per heavy atom. The SMILES string of the molecule is Cc1cccc(F)c1C(=O)Nc1ccc(-c2oc(C(F)(F)F)nc2C)cc1. The molecule has 0 saturated heterocycles. The first kappa shape index (κ1) is 18.6. The molecule has 1 aromatic heterocycles. The van der Waals surface area contributed by atoms with E-state index in [0.29, 0.717) is 16.8 Å². The zero-order chi connectivity index (χ0) is 19.8. The molecule has 0 atom stereocenters. The Labute approximate surface area is 151 Å². The fourth-order valence-corrected chi connectivity index (χ4v) is 2.60.